The van der Waals surface area contributed by atoms with Crippen LogP contribution in [0.25, 0.3) is 21.8 Å². The fraction of sp³-hybridized carbons (Fsp3) is 0.115. The normalized spacial score (nSPS) is 11.5. The molecule has 0 spiro atoms. The summed E-state index contributed by atoms with van der Waals surface area (Å²) in [6.45, 7) is 0. The van der Waals surface area contributed by atoms with Crippen molar-refractivity contribution in [3.63, 3.8) is 0 Å². The van der Waals surface area contributed by atoms with Crippen LogP contribution >= 0.6 is 0 Å². The Morgan fingerprint density at radius 3 is 1.74 bits per heavy atom. The quantitative estimate of drug-likeness (QED) is 0.262. The number of rotatable bonds is 4. The predicted molar refractivity (Wildman–Crippen MR) is 125 cm³/mol. The maximum absolute atomic E-state index is 11.9. The Morgan fingerprint density at radius 1 is 0.774 bits per heavy atom. The molecule has 0 aliphatic heterocycles. The van der Waals surface area contributed by atoms with E-state index in [9.17, 15) is 4.79 Å². The molecule has 5 heteroatoms. The van der Waals surface area contributed by atoms with E-state index in [0.717, 1.165) is 5.56 Å². The smallest absolute Gasteiger partial charge is 0.265 e. The Hall–Kier alpha value is -3.83. The van der Waals surface area contributed by atoms with Gasteiger partial charge in [-0.3, -0.25) is 10.2 Å². The molecule has 0 fully saturated rings. The highest BCUT2D eigenvalue weighted by Gasteiger charge is 2.24. The molecule has 0 unspecified atom stereocenters. The molecule has 0 bridgehead atoms. The summed E-state index contributed by atoms with van der Waals surface area (Å²) in [6.07, 6.45) is 4.44. The maximum Gasteiger partial charge on any atom is 0.265 e. The lowest BCUT2D eigenvalue weighted by Crippen LogP contribution is -2.29. The largest absolute Gasteiger partial charge is 0.350 e. The third-order valence-corrected chi connectivity index (χ3v) is 6.11. The number of hydrazine groups is 1. The number of hydrogen-bond acceptors (Lipinski definition) is 2. The van der Waals surface area contributed by atoms with Crippen molar-refractivity contribution in [1.82, 2.24) is 14.6 Å². The van der Waals surface area contributed by atoms with Gasteiger partial charge in [-0.1, -0.05) is 48.5 Å². The van der Waals surface area contributed by atoms with Gasteiger partial charge >= 0.3 is 0 Å². The highest BCUT2D eigenvalue weighted by atomic mass is 16.2. The summed E-state index contributed by atoms with van der Waals surface area (Å²) in [7, 11) is 4.17. The lowest BCUT2D eigenvalue weighted by atomic mass is 9.84. The second kappa shape index (κ2) is 7.45. The van der Waals surface area contributed by atoms with E-state index in [1.54, 1.807) is 0 Å². The maximum atomic E-state index is 11.9. The van der Waals surface area contributed by atoms with Crippen LogP contribution < -0.4 is 11.3 Å². The molecule has 1 amide bonds. The number of nitrogens with zero attached hydrogens (tertiary/aromatic N) is 2. The number of nitrogens with one attached hydrogen (secondary N) is 1. The van der Waals surface area contributed by atoms with Crippen LogP contribution in [0.5, 0.6) is 0 Å². The molecule has 3 aromatic carbocycles. The van der Waals surface area contributed by atoms with E-state index in [4.69, 9.17) is 5.84 Å². The Balaban J connectivity index is 1.77. The number of carbonyl (C=O) groups is 1. The van der Waals surface area contributed by atoms with Crippen LogP contribution in [-0.4, -0.2) is 15.0 Å². The van der Waals surface area contributed by atoms with Crippen LogP contribution in [-0.2, 0) is 14.1 Å². The van der Waals surface area contributed by atoms with Gasteiger partial charge < -0.3 is 9.13 Å². The number of hydrogen-bond donors (Lipinski definition) is 2. The SMILES string of the molecule is Cn1cc(C(c2ccc(C(=O)NN)cc2)c2cn(C)c3ccccc23)c2ccccc21. The van der Waals surface area contributed by atoms with Crippen LogP contribution in [0.2, 0.25) is 0 Å². The first-order valence-electron chi connectivity index (χ1n) is 10.3. The number of carbonyl (C=O) groups excluding carboxylic acids is 1. The first-order valence-corrected chi connectivity index (χ1v) is 10.3. The van der Waals surface area contributed by atoms with E-state index in [1.807, 2.05) is 24.3 Å². The number of nitrogens with two attached hydrogens (primary N) is 1. The summed E-state index contributed by atoms with van der Waals surface area (Å²) in [6, 6.07) is 24.7. The molecule has 0 aliphatic rings. The van der Waals surface area contributed by atoms with E-state index in [-0.39, 0.29) is 11.8 Å². The second-order valence-corrected chi connectivity index (χ2v) is 7.95. The molecule has 0 saturated heterocycles. The number of aromatic nitrogens is 2. The summed E-state index contributed by atoms with van der Waals surface area (Å²) in [5, 5.41) is 2.46. The van der Waals surface area contributed by atoms with Gasteiger partial charge in [0, 0.05) is 59.8 Å². The highest BCUT2D eigenvalue weighted by molar-refractivity contribution is 5.94. The van der Waals surface area contributed by atoms with Crippen molar-refractivity contribution in [3.8, 4) is 0 Å². The zero-order chi connectivity index (χ0) is 21.5. The molecule has 0 radical (unpaired) electrons. The number of fused-ring (bicyclic) bond motifs is 2. The molecule has 5 rings (SSSR count). The highest BCUT2D eigenvalue weighted by Crippen LogP contribution is 2.40. The van der Waals surface area contributed by atoms with E-state index < -0.39 is 0 Å². The van der Waals surface area contributed by atoms with Crippen molar-refractivity contribution in [1.29, 1.82) is 0 Å². The molecule has 2 heterocycles. The van der Waals surface area contributed by atoms with Gasteiger partial charge in [0.2, 0.25) is 0 Å². The molecule has 5 nitrogen and oxygen atoms in total. The van der Waals surface area contributed by atoms with Gasteiger partial charge in [-0.05, 0) is 41.0 Å². The number of nitrogen functional groups attached to an aromatic ring is 1. The van der Waals surface area contributed by atoms with Crippen LogP contribution in [0.4, 0.5) is 0 Å². The van der Waals surface area contributed by atoms with Crippen molar-refractivity contribution < 1.29 is 4.79 Å². The number of amides is 1. The van der Waals surface area contributed by atoms with Gasteiger partial charge in [-0.25, -0.2) is 5.84 Å². The molecule has 2 aromatic heterocycles. The Morgan fingerprint density at radius 2 is 1.26 bits per heavy atom. The number of aryl methyl sites for hydroxylation is 2. The molecular weight excluding hydrogens is 384 g/mol. The Bertz CT molecular complexity index is 1330. The first-order chi connectivity index (χ1) is 15.1. The first kappa shape index (κ1) is 19.2. The van der Waals surface area contributed by atoms with Crippen molar-refractivity contribution >= 4 is 27.7 Å². The van der Waals surface area contributed by atoms with Crippen LogP contribution in [0, 0.1) is 0 Å². The molecule has 3 N–H and O–H groups in total. The van der Waals surface area contributed by atoms with E-state index >= 15 is 0 Å². The van der Waals surface area contributed by atoms with E-state index in [2.05, 4.69) is 89.6 Å². The van der Waals surface area contributed by atoms with E-state index in [0.29, 0.717) is 5.56 Å². The lowest BCUT2D eigenvalue weighted by Gasteiger charge is -2.18. The summed E-state index contributed by atoms with van der Waals surface area (Å²) < 4.78 is 4.36. The van der Waals surface area contributed by atoms with E-state index in [1.165, 1.54) is 32.9 Å². The van der Waals surface area contributed by atoms with Crippen molar-refractivity contribution in [2.45, 2.75) is 5.92 Å². The van der Waals surface area contributed by atoms with Crippen molar-refractivity contribution in [2.75, 3.05) is 0 Å². The topological polar surface area (TPSA) is 65.0 Å². The van der Waals surface area contributed by atoms with Crippen molar-refractivity contribution in [2.24, 2.45) is 19.9 Å². The minimum absolute atomic E-state index is 0.0205. The molecule has 0 atom stereocenters. The monoisotopic (exact) mass is 408 g/mol. The summed E-state index contributed by atoms with van der Waals surface area (Å²) >= 11 is 0. The lowest BCUT2D eigenvalue weighted by molar-refractivity contribution is 0.0953. The van der Waals surface area contributed by atoms with Crippen molar-refractivity contribution in [3.05, 3.63) is 107 Å². The van der Waals surface area contributed by atoms with Gasteiger partial charge in [0.25, 0.3) is 5.91 Å². The fourth-order valence-corrected chi connectivity index (χ4v) is 4.64. The zero-order valence-corrected chi connectivity index (χ0v) is 17.5. The molecule has 5 aromatic rings. The Labute approximate surface area is 180 Å². The summed E-state index contributed by atoms with van der Waals surface area (Å²) in [4.78, 5) is 11.9. The summed E-state index contributed by atoms with van der Waals surface area (Å²) in [5.74, 6) is 5.04. The zero-order valence-electron chi connectivity index (χ0n) is 17.5. The van der Waals surface area contributed by atoms with Crippen LogP contribution in [0.1, 0.15) is 33.0 Å². The van der Waals surface area contributed by atoms with Gasteiger partial charge in [0.1, 0.15) is 0 Å². The average molecular weight is 409 g/mol. The minimum atomic E-state index is -0.293. The summed E-state index contributed by atoms with van der Waals surface area (Å²) in [5.41, 5.74) is 8.75. The third-order valence-electron chi connectivity index (χ3n) is 6.11. The number of benzene rings is 3. The van der Waals surface area contributed by atoms with Gasteiger partial charge in [0.05, 0.1) is 0 Å². The average Bonchev–Trinajstić information content (AvgIpc) is 3.32. The predicted octanol–water partition coefficient (Wildman–Crippen LogP) is 4.45. The molecule has 154 valence electrons. The fourth-order valence-electron chi connectivity index (χ4n) is 4.64. The standard InChI is InChI=1S/C26H24N4O/c1-29-15-21(19-7-3-5-9-23(19)29)25(17-11-13-18(14-12-17)26(31)28-27)22-16-30(2)24-10-6-4-8-20(22)24/h3-16,25H,27H2,1-2H3,(H,28,31). The molecule has 0 saturated carbocycles. The van der Waals surface area contributed by atoms with Gasteiger partial charge in [0.15, 0.2) is 0 Å². The van der Waals surface area contributed by atoms with Crippen LogP contribution in [0.15, 0.2) is 85.2 Å². The van der Waals surface area contributed by atoms with Gasteiger partial charge in [-0.2, -0.15) is 0 Å². The Kier molecular flexibility index (Phi) is 4.60. The molecule has 0 aliphatic carbocycles. The number of para-hydroxylation sites is 2. The second-order valence-electron chi connectivity index (χ2n) is 7.95. The van der Waals surface area contributed by atoms with Gasteiger partial charge in [-0.15, -0.1) is 0 Å². The minimum Gasteiger partial charge on any atom is -0.350 e. The molecular formula is C26H24N4O. The molecule has 31 heavy (non-hydrogen) atoms. The third kappa shape index (κ3) is 3.10. The van der Waals surface area contributed by atoms with Crippen LogP contribution in [0.3, 0.4) is 0 Å².